The number of fused-ring (bicyclic) bond motifs is 4. The first kappa shape index (κ1) is 16.8. The van der Waals surface area contributed by atoms with Crippen molar-refractivity contribution in [1.29, 1.82) is 0 Å². The maximum Gasteiger partial charge on any atom is 0.139 e. The highest BCUT2D eigenvalue weighted by atomic mass is 35.5. The van der Waals surface area contributed by atoms with Gasteiger partial charge in [-0.3, -0.25) is 0 Å². The zero-order chi connectivity index (χ0) is 19.4. The Labute approximate surface area is 176 Å². The average Bonchev–Trinajstić information content (AvgIpc) is 3.36. The van der Waals surface area contributed by atoms with E-state index in [1.807, 2.05) is 36.4 Å². The Morgan fingerprint density at radius 3 is 2.24 bits per heavy atom. The van der Waals surface area contributed by atoms with Gasteiger partial charge in [0, 0.05) is 22.4 Å². The summed E-state index contributed by atoms with van der Waals surface area (Å²) < 4.78 is 6.99. The van der Waals surface area contributed by atoms with E-state index in [-0.39, 0.29) is 0 Å². The van der Waals surface area contributed by atoms with Crippen LogP contribution >= 0.6 is 22.9 Å². The fourth-order valence-electron chi connectivity index (χ4n) is 3.78. The highest BCUT2D eigenvalue weighted by Crippen LogP contribution is 2.42. The van der Waals surface area contributed by atoms with Gasteiger partial charge < -0.3 is 4.42 Å². The molecule has 0 N–H and O–H groups in total. The Hall–Kier alpha value is -3.14. The first-order chi connectivity index (χ1) is 14.3. The van der Waals surface area contributed by atoms with Gasteiger partial charge in [-0.05, 0) is 17.2 Å². The number of hydrogen-bond donors (Lipinski definition) is 0. The number of hydrogen-bond acceptors (Lipinski definition) is 3. The van der Waals surface area contributed by atoms with Crippen molar-refractivity contribution in [2.75, 3.05) is 0 Å². The topological polar surface area (TPSA) is 26.0 Å². The lowest BCUT2D eigenvalue weighted by atomic mass is 10.0. The normalized spacial score (nSPS) is 11.6. The predicted molar refractivity (Wildman–Crippen MR) is 123 cm³/mol. The van der Waals surface area contributed by atoms with E-state index in [0.29, 0.717) is 5.02 Å². The summed E-state index contributed by atoms with van der Waals surface area (Å²) in [7, 11) is 0. The van der Waals surface area contributed by atoms with Crippen molar-refractivity contribution in [3.8, 4) is 21.7 Å². The van der Waals surface area contributed by atoms with Crippen LogP contribution in [0.2, 0.25) is 5.02 Å². The molecule has 0 bridgehead atoms. The second-order valence-corrected chi connectivity index (χ2v) is 8.35. The molecular weight excluding hydrogens is 398 g/mol. The quantitative estimate of drug-likeness (QED) is 0.287. The summed E-state index contributed by atoms with van der Waals surface area (Å²) in [6, 6.07) is 28.9. The fraction of sp³-hybridized carbons (Fsp3) is 0. The van der Waals surface area contributed by atoms with Crippen LogP contribution in [0.4, 0.5) is 0 Å². The molecule has 4 heteroatoms. The molecule has 0 saturated heterocycles. The van der Waals surface area contributed by atoms with Crippen LogP contribution < -0.4 is 0 Å². The molecule has 0 aliphatic carbocycles. The number of halogens is 1. The summed E-state index contributed by atoms with van der Waals surface area (Å²) in [5.41, 5.74) is 5.98. The maximum atomic E-state index is 6.81. The zero-order valence-electron chi connectivity index (χ0n) is 15.2. The molecule has 0 saturated carbocycles. The van der Waals surface area contributed by atoms with Gasteiger partial charge in [-0.2, -0.15) is 0 Å². The van der Waals surface area contributed by atoms with Crippen LogP contribution in [0.1, 0.15) is 0 Å². The number of benzene rings is 4. The lowest BCUT2D eigenvalue weighted by Crippen LogP contribution is -1.79. The number of furan rings is 1. The molecule has 0 atom stereocenters. The molecule has 0 fully saturated rings. The Morgan fingerprint density at radius 1 is 0.724 bits per heavy atom. The molecule has 29 heavy (non-hydrogen) atoms. The van der Waals surface area contributed by atoms with Gasteiger partial charge in [0.05, 0.1) is 15.2 Å². The van der Waals surface area contributed by atoms with Crippen molar-refractivity contribution in [3.05, 3.63) is 90.0 Å². The molecule has 0 aliphatic rings. The maximum absolute atomic E-state index is 6.81. The smallest absolute Gasteiger partial charge is 0.139 e. The van der Waals surface area contributed by atoms with Crippen LogP contribution in [0.15, 0.2) is 89.3 Å². The van der Waals surface area contributed by atoms with E-state index in [0.717, 1.165) is 42.7 Å². The summed E-state index contributed by atoms with van der Waals surface area (Å²) in [6.45, 7) is 0. The molecule has 0 aliphatic heterocycles. The Bertz CT molecular complexity index is 1500. The highest BCUT2D eigenvalue weighted by molar-refractivity contribution is 7.22. The van der Waals surface area contributed by atoms with Gasteiger partial charge >= 0.3 is 0 Å². The lowest BCUT2D eigenvalue weighted by Gasteiger charge is -2.02. The minimum absolute atomic E-state index is 0.715. The van der Waals surface area contributed by atoms with E-state index in [1.54, 1.807) is 11.3 Å². The van der Waals surface area contributed by atoms with Crippen molar-refractivity contribution >= 4 is 55.1 Å². The van der Waals surface area contributed by atoms with Crippen molar-refractivity contribution < 1.29 is 4.42 Å². The minimum Gasteiger partial charge on any atom is -0.456 e. The monoisotopic (exact) mass is 411 g/mol. The molecule has 4 aromatic carbocycles. The Morgan fingerprint density at radius 2 is 1.41 bits per heavy atom. The third-order valence-corrected chi connectivity index (χ3v) is 6.83. The zero-order valence-corrected chi connectivity index (χ0v) is 16.8. The summed E-state index contributed by atoms with van der Waals surface area (Å²) in [5.74, 6) is 0. The molecule has 0 amide bonds. The van der Waals surface area contributed by atoms with E-state index in [4.69, 9.17) is 21.0 Å². The van der Waals surface area contributed by atoms with Crippen LogP contribution in [0.3, 0.4) is 0 Å². The van der Waals surface area contributed by atoms with Crippen LogP contribution in [0.25, 0.3) is 53.9 Å². The third kappa shape index (κ3) is 2.66. The van der Waals surface area contributed by atoms with Gasteiger partial charge in [0.1, 0.15) is 16.2 Å². The van der Waals surface area contributed by atoms with E-state index < -0.39 is 0 Å². The number of thiazole rings is 1. The second-order valence-electron chi connectivity index (χ2n) is 6.97. The summed E-state index contributed by atoms with van der Waals surface area (Å²) >= 11 is 8.43. The van der Waals surface area contributed by atoms with E-state index in [2.05, 4.69) is 48.5 Å². The number of aromatic nitrogens is 1. The number of para-hydroxylation sites is 1. The van der Waals surface area contributed by atoms with Crippen LogP contribution in [-0.2, 0) is 0 Å². The van der Waals surface area contributed by atoms with Crippen molar-refractivity contribution in [3.63, 3.8) is 0 Å². The lowest BCUT2D eigenvalue weighted by molar-refractivity contribution is 0.669. The minimum atomic E-state index is 0.715. The first-order valence-corrected chi connectivity index (χ1v) is 10.5. The predicted octanol–water partition coefficient (Wildman–Crippen LogP) is 8.18. The molecule has 0 unspecified atom stereocenters. The van der Waals surface area contributed by atoms with E-state index >= 15 is 0 Å². The molecule has 138 valence electrons. The molecule has 2 aromatic heterocycles. The fourth-order valence-corrected chi connectivity index (χ4v) is 5.18. The highest BCUT2D eigenvalue weighted by Gasteiger charge is 2.17. The average molecular weight is 412 g/mol. The van der Waals surface area contributed by atoms with Gasteiger partial charge in [0.25, 0.3) is 0 Å². The van der Waals surface area contributed by atoms with Crippen molar-refractivity contribution in [2.24, 2.45) is 0 Å². The third-order valence-electron chi connectivity index (χ3n) is 5.20. The molecule has 0 spiro atoms. The van der Waals surface area contributed by atoms with Crippen molar-refractivity contribution in [1.82, 2.24) is 4.98 Å². The van der Waals surface area contributed by atoms with Gasteiger partial charge in [0.2, 0.25) is 0 Å². The van der Waals surface area contributed by atoms with Crippen LogP contribution in [-0.4, -0.2) is 4.98 Å². The van der Waals surface area contributed by atoms with Crippen molar-refractivity contribution in [2.45, 2.75) is 0 Å². The van der Waals surface area contributed by atoms with Gasteiger partial charge in [0.15, 0.2) is 0 Å². The summed E-state index contributed by atoms with van der Waals surface area (Å²) in [6.07, 6.45) is 0. The Balaban J connectivity index is 1.49. The van der Waals surface area contributed by atoms with Crippen LogP contribution in [0.5, 0.6) is 0 Å². The summed E-state index contributed by atoms with van der Waals surface area (Å²) in [4.78, 5) is 4.84. The molecule has 0 radical (unpaired) electrons. The summed E-state index contributed by atoms with van der Waals surface area (Å²) in [5, 5.41) is 3.67. The number of nitrogens with zero attached hydrogens (tertiary/aromatic N) is 1. The Kier molecular flexibility index (Phi) is 3.73. The van der Waals surface area contributed by atoms with E-state index in [9.17, 15) is 0 Å². The molecule has 6 aromatic rings. The van der Waals surface area contributed by atoms with Gasteiger partial charge in [-0.15, -0.1) is 11.3 Å². The standard InChI is InChI=1S/C25H14ClNOS/c26-23-22-18-8-4-5-9-20(18)28-21(22)14-19-24(23)29-25(27-19)17-12-10-16(11-13-17)15-6-2-1-3-7-15/h1-14H. The molecule has 2 heterocycles. The molecule has 6 rings (SSSR count). The van der Waals surface area contributed by atoms with Crippen LogP contribution in [0, 0.1) is 0 Å². The van der Waals surface area contributed by atoms with Gasteiger partial charge in [-0.1, -0.05) is 84.4 Å². The van der Waals surface area contributed by atoms with Gasteiger partial charge in [-0.25, -0.2) is 4.98 Å². The van der Waals surface area contributed by atoms with E-state index in [1.165, 1.54) is 11.1 Å². The second kappa shape index (κ2) is 6.45. The number of rotatable bonds is 2. The largest absolute Gasteiger partial charge is 0.456 e. The molecule has 2 nitrogen and oxygen atoms in total. The first-order valence-electron chi connectivity index (χ1n) is 9.34. The SMILES string of the molecule is Clc1c2sc(-c3ccc(-c4ccccc4)cc3)nc2cc2oc3ccccc3c12. The molecular formula is C25H14ClNOS.